The summed E-state index contributed by atoms with van der Waals surface area (Å²) in [5, 5.41) is 8.75. The third-order valence-electron chi connectivity index (χ3n) is 3.02. The Bertz CT molecular complexity index is 620. The molecule has 0 fully saturated rings. The van der Waals surface area contributed by atoms with Gasteiger partial charge in [0, 0.05) is 23.5 Å². The largest absolute Gasteiger partial charge is 0.481 e. The molecule has 4 nitrogen and oxygen atoms in total. The topological polar surface area (TPSA) is 55.1 Å². The molecule has 0 aliphatic carbocycles. The molecule has 0 bridgehead atoms. The molecule has 100 valence electrons. The van der Waals surface area contributed by atoms with Gasteiger partial charge in [0.05, 0.1) is 17.8 Å². The minimum Gasteiger partial charge on any atom is -0.481 e. The molecular formula is C14H15BrN2O2. The van der Waals surface area contributed by atoms with Gasteiger partial charge in [-0.05, 0) is 19.1 Å². The summed E-state index contributed by atoms with van der Waals surface area (Å²) >= 11 is 3.46. The van der Waals surface area contributed by atoms with E-state index in [1.807, 2.05) is 42.8 Å². The van der Waals surface area contributed by atoms with E-state index >= 15 is 0 Å². The van der Waals surface area contributed by atoms with E-state index in [0.29, 0.717) is 6.42 Å². The first-order chi connectivity index (χ1) is 8.99. The Hall–Kier alpha value is -1.62. The fourth-order valence-corrected chi connectivity index (χ4v) is 2.57. The van der Waals surface area contributed by atoms with Crippen LogP contribution in [0.3, 0.4) is 0 Å². The monoisotopic (exact) mass is 322 g/mol. The minimum atomic E-state index is -0.801. The van der Waals surface area contributed by atoms with Gasteiger partial charge < -0.3 is 9.67 Å². The molecule has 1 aromatic heterocycles. The number of aromatic nitrogens is 2. The van der Waals surface area contributed by atoms with E-state index in [-0.39, 0.29) is 6.42 Å². The van der Waals surface area contributed by atoms with Crippen molar-refractivity contribution in [3.05, 3.63) is 40.3 Å². The molecule has 1 N–H and O–H groups in total. The van der Waals surface area contributed by atoms with Gasteiger partial charge in [0.25, 0.3) is 0 Å². The lowest BCUT2D eigenvalue weighted by Crippen LogP contribution is -2.04. The number of halogens is 1. The average Bonchev–Trinajstić information content (AvgIpc) is 2.62. The van der Waals surface area contributed by atoms with Crippen LogP contribution in [0.4, 0.5) is 0 Å². The molecule has 19 heavy (non-hydrogen) atoms. The zero-order valence-corrected chi connectivity index (χ0v) is 12.4. The second-order valence-electron chi connectivity index (χ2n) is 4.43. The molecule has 5 heteroatoms. The van der Waals surface area contributed by atoms with Gasteiger partial charge in [0.15, 0.2) is 0 Å². The van der Waals surface area contributed by atoms with Gasteiger partial charge in [0.2, 0.25) is 0 Å². The van der Waals surface area contributed by atoms with Crippen molar-refractivity contribution in [2.24, 2.45) is 7.05 Å². The maximum Gasteiger partial charge on any atom is 0.303 e. The van der Waals surface area contributed by atoms with Crippen LogP contribution >= 0.6 is 15.9 Å². The lowest BCUT2D eigenvalue weighted by atomic mass is 10.1. The number of carboxylic acid groups (broad SMARTS) is 1. The number of benzene rings is 1. The number of carboxylic acids is 1. The summed E-state index contributed by atoms with van der Waals surface area (Å²) in [6.45, 7) is 1.94. The van der Waals surface area contributed by atoms with Crippen LogP contribution in [0.1, 0.15) is 17.9 Å². The molecule has 0 saturated heterocycles. The first kappa shape index (κ1) is 13.8. The molecule has 2 rings (SSSR count). The van der Waals surface area contributed by atoms with Crippen molar-refractivity contribution in [3.63, 3.8) is 0 Å². The van der Waals surface area contributed by atoms with Crippen molar-refractivity contribution >= 4 is 21.9 Å². The van der Waals surface area contributed by atoms with E-state index in [0.717, 1.165) is 27.2 Å². The van der Waals surface area contributed by atoms with Crippen molar-refractivity contribution in [1.82, 2.24) is 9.55 Å². The molecule has 0 aliphatic heterocycles. The fourth-order valence-electron chi connectivity index (χ4n) is 2.17. The molecule has 0 unspecified atom stereocenters. The number of hydrogen-bond acceptors (Lipinski definition) is 2. The Balaban J connectivity index is 2.39. The van der Waals surface area contributed by atoms with E-state index in [1.54, 1.807) is 0 Å². The zero-order valence-electron chi connectivity index (χ0n) is 10.9. The van der Waals surface area contributed by atoms with Crippen LogP contribution in [0, 0.1) is 6.92 Å². The number of imidazole rings is 1. The summed E-state index contributed by atoms with van der Waals surface area (Å²) < 4.78 is 2.98. The Labute approximate surface area is 120 Å². The predicted molar refractivity (Wildman–Crippen MR) is 77.0 cm³/mol. The number of aliphatic carboxylic acids is 1. The number of hydrogen-bond donors (Lipinski definition) is 1. The number of nitrogens with zero attached hydrogens (tertiary/aromatic N) is 2. The van der Waals surface area contributed by atoms with Gasteiger partial charge in [-0.3, -0.25) is 4.79 Å². The van der Waals surface area contributed by atoms with Crippen molar-refractivity contribution in [3.8, 4) is 11.3 Å². The fraction of sp³-hybridized carbons (Fsp3) is 0.286. The van der Waals surface area contributed by atoms with Gasteiger partial charge in [-0.25, -0.2) is 4.98 Å². The summed E-state index contributed by atoms with van der Waals surface area (Å²) in [5.74, 6) is -0.000431. The normalized spacial score (nSPS) is 10.7. The SMILES string of the molecule is Cc1nc(CCC(=O)O)n(C)c1-c1cccc(Br)c1. The summed E-state index contributed by atoms with van der Waals surface area (Å²) in [5.41, 5.74) is 3.02. The average molecular weight is 323 g/mol. The van der Waals surface area contributed by atoms with E-state index < -0.39 is 5.97 Å². The lowest BCUT2D eigenvalue weighted by molar-refractivity contribution is -0.137. The molecule has 2 aromatic rings. The second kappa shape index (κ2) is 5.57. The highest BCUT2D eigenvalue weighted by atomic mass is 79.9. The van der Waals surface area contributed by atoms with Crippen LogP contribution < -0.4 is 0 Å². The zero-order chi connectivity index (χ0) is 14.0. The van der Waals surface area contributed by atoms with E-state index in [9.17, 15) is 4.79 Å². The van der Waals surface area contributed by atoms with Gasteiger partial charge in [-0.2, -0.15) is 0 Å². The highest BCUT2D eigenvalue weighted by Crippen LogP contribution is 2.26. The second-order valence-corrected chi connectivity index (χ2v) is 5.34. The Morgan fingerprint density at radius 3 is 2.84 bits per heavy atom. The summed E-state index contributed by atoms with van der Waals surface area (Å²) in [4.78, 5) is 15.1. The number of aryl methyl sites for hydroxylation is 2. The molecule has 0 spiro atoms. The molecule has 0 aliphatic rings. The van der Waals surface area contributed by atoms with Crippen LogP contribution in [0.5, 0.6) is 0 Å². The first-order valence-corrected chi connectivity index (χ1v) is 6.78. The predicted octanol–water partition coefficient (Wildman–Crippen LogP) is 3.18. The smallest absolute Gasteiger partial charge is 0.303 e. The molecule has 0 saturated carbocycles. The maximum absolute atomic E-state index is 10.6. The highest BCUT2D eigenvalue weighted by Gasteiger charge is 2.14. The third-order valence-corrected chi connectivity index (χ3v) is 3.52. The molecule has 0 amide bonds. The van der Waals surface area contributed by atoms with Crippen molar-refractivity contribution in [2.75, 3.05) is 0 Å². The third kappa shape index (κ3) is 3.04. The lowest BCUT2D eigenvalue weighted by Gasteiger charge is -2.06. The van der Waals surface area contributed by atoms with Crippen LogP contribution in [0.2, 0.25) is 0 Å². The van der Waals surface area contributed by atoms with Crippen molar-refractivity contribution in [1.29, 1.82) is 0 Å². The van der Waals surface area contributed by atoms with Crippen LogP contribution in [0.25, 0.3) is 11.3 Å². The number of rotatable bonds is 4. The van der Waals surface area contributed by atoms with Crippen LogP contribution in [-0.4, -0.2) is 20.6 Å². The van der Waals surface area contributed by atoms with E-state index in [4.69, 9.17) is 5.11 Å². The van der Waals surface area contributed by atoms with E-state index in [1.165, 1.54) is 0 Å². The quantitative estimate of drug-likeness (QED) is 0.940. The van der Waals surface area contributed by atoms with Gasteiger partial charge in [-0.15, -0.1) is 0 Å². The van der Waals surface area contributed by atoms with E-state index in [2.05, 4.69) is 20.9 Å². The molecule has 0 radical (unpaired) electrons. The number of carbonyl (C=O) groups is 1. The standard InChI is InChI=1S/C14H15BrN2O2/c1-9-14(10-4-3-5-11(15)8-10)17(2)12(16-9)6-7-13(18)19/h3-5,8H,6-7H2,1-2H3,(H,18,19). The van der Waals surface area contributed by atoms with Gasteiger partial charge in [-0.1, -0.05) is 28.1 Å². The van der Waals surface area contributed by atoms with Crippen LogP contribution in [0.15, 0.2) is 28.7 Å². The van der Waals surface area contributed by atoms with Gasteiger partial charge >= 0.3 is 5.97 Å². The Morgan fingerprint density at radius 1 is 1.47 bits per heavy atom. The molecule has 0 atom stereocenters. The summed E-state index contributed by atoms with van der Waals surface area (Å²) in [7, 11) is 1.92. The summed E-state index contributed by atoms with van der Waals surface area (Å²) in [6.07, 6.45) is 0.545. The highest BCUT2D eigenvalue weighted by molar-refractivity contribution is 9.10. The summed E-state index contributed by atoms with van der Waals surface area (Å²) in [6, 6.07) is 8.00. The van der Waals surface area contributed by atoms with Gasteiger partial charge in [0.1, 0.15) is 5.82 Å². The maximum atomic E-state index is 10.6. The first-order valence-electron chi connectivity index (χ1n) is 5.99. The van der Waals surface area contributed by atoms with Crippen molar-refractivity contribution in [2.45, 2.75) is 19.8 Å². The molecular weight excluding hydrogens is 308 g/mol. The molecule has 1 heterocycles. The van der Waals surface area contributed by atoms with Crippen molar-refractivity contribution < 1.29 is 9.90 Å². The Kier molecular flexibility index (Phi) is 4.04. The minimum absolute atomic E-state index is 0.0994. The van der Waals surface area contributed by atoms with Crippen LogP contribution in [-0.2, 0) is 18.3 Å². The molecule has 1 aromatic carbocycles. The Morgan fingerprint density at radius 2 is 2.21 bits per heavy atom.